The predicted molar refractivity (Wildman–Crippen MR) is 70.5 cm³/mol. The molecule has 0 spiro atoms. The third kappa shape index (κ3) is 10.4. The van der Waals surface area contributed by atoms with Crippen molar-refractivity contribution in [3.05, 3.63) is 0 Å². The van der Waals surface area contributed by atoms with E-state index in [0.29, 0.717) is 11.7 Å². The molecular formula is C12H27NO2S. The quantitative estimate of drug-likeness (QED) is 0.752. The van der Waals surface area contributed by atoms with Gasteiger partial charge in [0.25, 0.3) is 0 Å². The van der Waals surface area contributed by atoms with Gasteiger partial charge in [0.15, 0.2) is 0 Å². The summed E-state index contributed by atoms with van der Waals surface area (Å²) in [5, 5.41) is 3.45. The van der Waals surface area contributed by atoms with E-state index in [-0.39, 0.29) is 5.54 Å². The smallest absolute Gasteiger partial charge is 0.147 e. The summed E-state index contributed by atoms with van der Waals surface area (Å²) in [6.45, 7) is 9.45. The van der Waals surface area contributed by atoms with Crippen LogP contribution in [0.25, 0.3) is 0 Å². The summed E-state index contributed by atoms with van der Waals surface area (Å²) >= 11 is 0. The Morgan fingerprint density at radius 2 is 1.75 bits per heavy atom. The van der Waals surface area contributed by atoms with Crippen molar-refractivity contribution in [1.82, 2.24) is 5.32 Å². The molecule has 16 heavy (non-hydrogen) atoms. The van der Waals surface area contributed by atoms with Crippen molar-refractivity contribution in [3.63, 3.8) is 0 Å². The lowest BCUT2D eigenvalue weighted by molar-refractivity contribution is 0.351. The van der Waals surface area contributed by atoms with Crippen LogP contribution in [0.4, 0.5) is 0 Å². The van der Waals surface area contributed by atoms with Gasteiger partial charge in [0.1, 0.15) is 9.84 Å². The van der Waals surface area contributed by atoms with E-state index in [1.165, 1.54) is 6.26 Å². The van der Waals surface area contributed by atoms with Crippen molar-refractivity contribution in [2.24, 2.45) is 5.92 Å². The fourth-order valence-electron chi connectivity index (χ4n) is 1.59. The molecule has 0 amide bonds. The minimum Gasteiger partial charge on any atom is -0.312 e. The normalized spacial score (nSPS) is 15.1. The number of rotatable bonds is 7. The molecule has 0 aromatic carbocycles. The minimum atomic E-state index is -2.82. The second kappa shape index (κ2) is 6.60. The summed E-state index contributed by atoms with van der Waals surface area (Å²) in [5.74, 6) is 0.780. The second-order valence-electron chi connectivity index (χ2n) is 5.70. The Morgan fingerprint density at radius 1 is 1.19 bits per heavy atom. The fourth-order valence-corrected chi connectivity index (χ4v) is 2.35. The number of hydrogen-bond donors (Lipinski definition) is 1. The molecule has 1 N–H and O–H groups in total. The van der Waals surface area contributed by atoms with E-state index in [0.717, 1.165) is 25.8 Å². The average molecular weight is 249 g/mol. The topological polar surface area (TPSA) is 46.2 Å². The second-order valence-corrected chi connectivity index (χ2v) is 7.96. The molecule has 0 saturated carbocycles. The molecule has 1 atom stereocenters. The molecule has 0 rings (SSSR count). The summed E-state index contributed by atoms with van der Waals surface area (Å²) in [6, 6.07) is 0. The number of hydrogen-bond acceptors (Lipinski definition) is 3. The molecule has 1 unspecified atom stereocenters. The van der Waals surface area contributed by atoms with Crippen LogP contribution < -0.4 is 5.32 Å². The monoisotopic (exact) mass is 249 g/mol. The molecule has 0 aromatic rings. The van der Waals surface area contributed by atoms with E-state index in [9.17, 15) is 8.42 Å². The summed E-state index contributed by atoms with van der Waals surface area (Å²) < 4.78 is 22.2. The lowest BCUT2D eigenvalue weighted by atomic mass is 9.99. The van der Waals surface area contributed by atoms with Gasteiger partial charge in [-0.3, -0.25) is 0 Å². The van der Waals surface area contributed by atoms with Gasteiger partial charge in [-0.25, -0.2) is 8.42 Å². The van der Waals surface area contributed by atoms with Gasteiger partial charge in [0.2, 0.25) is 0 Å². The third-order valence-corrected chi connectivity index (χ3v) is 3.49. The van der Waals surface area contributed by atoms with Gasteiger partial charge in [0.05, 0.1) is 5.75 Å². The molecule has 0 aliphatic rings. The van der Waals surface area contributed by atoms with Crippen LogP contribution in [0.2, 0.25) is 0 Å². The molecule has 0 fully saturated rings. The van der Waals surface area contributed by atoms with Crippen LogP contribution in [0.3, 0.4) is 0 Å². The summed E-state index contributed by atoms with van der Waals surface area (Å²) in [4.78, 5) is 0. The molecule has 0 aliphatic carbocycles. The van der Waals surface area contributed by atoms with Gasteiger partial charge in [0, 0.05) is 11.8 Å². The highest BCUT2D eigenvalue weighted by Crippen LogP contribution is 2.13. The molecule has 4 heteroatoms. The first-order valence-electron chi connectivity index (χ1n) is 6.07. The first kappa shape index (κ1) is 15.9. The standard InChI is InChI=1S/C12H27NO2S/c1-6-7-11(8-9-16(5,14)15)10-13-12(2,3)4/h11,13H,6-10H2,1-5H3. The van der Waals surface area contributed by atoms with Crippen molar-refractivity contribution >= 4 is 9.84 Å². The van der Waals surface area contributed by atoms with Gasteiger partial charge < -0.3 is 5.32 Å². The molecule has 0 saturated heterocycles. The highest BCUT2D eigenvalue weighted by Gasteiger charge is 2.15. The lowest BCUT2D eigenvalue weighted by Gasteiger charge is -2.25. The van der Waals surface area contributed by atoms with Crippen molar-refractivity contribution in [2.45, 2.75) is 52.5 Å². The zero-order chi connectivity index (χ0) is 12.8. The Hall–Kier alpha value is -0.0900. The van der Waals surface area contributed by atoms with Crippen molar-refractivity contribution in [3.8, 4) is 0 Å². The van der Waals surface area contributed by atoms with Crippen LogP contribution in [0.1, 0.15) is 47.0 Å². The van der Waals surface area contributed by atoms with Crippen molar-refractivity contribution in [1.29, 1.82) is 0 Å². The molecular weight excluding hydrogens is 222 g/mol. The van der Waals surface area contributed by atoms with E-state index >= 15 is 0 Å². The van der Waals surface area contributed by atoms with Crippen molar-refractivity contribution < 1.29 is 8.42 Å². The molecule has 3 nitrogen and oxygen atoms in total. The Labute approximate surface area is 101 Å². The van der Waals surface area contributed by atoms with E-state index in [2.05, 4.69) is 33.0 Å². The van der Waals surface area contributed by atoms with Gasteiger partial charge in [-0.1, -0.05) is 13.3 Å². The van der Waals surface area contributed by atoms with Gasteiger partial charge >= 0.3 is 0 Å². The Bertz CT molecular complexity index is 278. The molecule has 0 aliphatic heterocycles. The first-order valence-corrected chi connectivity index (χ1v) is 8.13. The van der Waals surface area contributed by atoms with Crippen LogP contribution in [0.5, 0.6) is 0 Å². The van der Waals surface area contributed by atoms with E-state index in [1.807, 2.05) is 0 Å². The Morgan fingerprint density at radius 3 is 2.12 bits per heavy atom. The minimum absolute atomic E-state index is 0.108. The van der Waals surface area contributed by atoms with Crippen molar-refractivity contribution in [2.75, 3.05) is 18.6 Å². The SMILES string of the molecule is CCCC(CCS(C)(=O)=O)CNC(C)(C)C. The fraction of sp³-hybridized carbons (Fsp3) is 1.00. The van der Waals surface area contributed by atoms with E-state index in [4.69, 9.17) is 0 Å². The zero-order valence-electron chi connectivity index (χ0n) is 11.3. The van der Waals surface area contributed by atoms with Crippen LogP contribution in [-0.4, -0.2) is 32.5 Å². The molecule has 0 aromatic heterocycles. The molecule has 0 heterocycles. The molecule has 0 radical (unpaired) electrons. The van der Waals surface area contributed by atoms with Crippen LogP contribution in [-0.2, 0) is 9.84 Å². The average Bonchev–Trinajstić information content (AvgIpc) is 2.07. The Kier molecular flexibility index (Phi) is 6.56. The highest BCUT2D eigenvalue weighted by atomic mass is 32.2. The maximum Gasteiger partial charge on any atom is 0.147 e. The molecule has 0 bridgehead atoms. The number of sulfone groups is 1. The first-order chi connectivity index (χ1) is 7.14. The van der Waals surface area contributed by atoms with E-state index < -0.39 is 9.84 Å². The maximum atomic E-state index is 11.1. The Balaban J connectivity index is 4.07. The van der Waals surface area contributed by atoms with Crippen LogP contribution >= 0.6 is 0 Å². The van der Waals surface area contributed by atoms with E-state index in [1.54, 1.807) is 0 Å². The predicted octanol–water partition coefficient (Wildman–Crippen LogP) is 2.23. The zero-order valence-corrected chi connectivity index (χ0v) is 12.2. The summed E-state index contributed by atoms with van der Waals surface area (Å²) in [5.41, 5.74) is 0.108. The van der Waals surface area contributed by atoms with Gasteiger partial charge in [-0.15, -0.1) is 0 Å². The lowest BCUT2D eigenvalue weighted by Crippen LogP contribution is -2.39. The van der Waals surface area contributed by atoms with Crippen LogP contribution in [0.15, 0.2) is 0 Å². The maximum absolute atomic E-state index is 11.1. The molecule has 98 valence electrons. The van der Waals surface area contributed by atoms with Gasteiger partial charge in [-0.2, -0.15) is 0 Å². The van der Waals surface area contributed by atoms with Gasteiger partial charge in [-0.05, 0) is 46.1 Å². The third-order valence-electron chi connectivity index (χ3n) is 2.51. The highest BCUT2D eigenvalue weighted by molar-refractivity contribution is 7.90. The largest absolute Gasteiger partial charge is 0.312 e. The van der Waals surface area contributed by atoms with Crippen LogP contribution in [0, 0.1) is 5.92 Å². The summed E-state index contributed by atoms with van der Waals surface area (Å²) in [7, 11) is -2.82. The number of nitrogens with one attached hydrogen (secondary N) is 1. The summed E-state index contributed by atoms with van der Waals surface area (Å²) in [6.07, 6.45) is 4.29.